The van der Waals surface area contributed by atoms with Gasteiger partial charge in [-0.15, -0.1) is 0 Å². The molecular formula is C21H19N3. The smallest absolute Gasteiger partial charge is 0.129 e. The molecule has 3 nitrogen and oxygen atoms in total. The molecule has 0 bridgehead atoms. The Morgan fingerprint density at radius 1 is 0.750 bits per heavy atom. The highest BCUT2D eigenvalue weighted by Crippen LogP contribution is 2.19. The lowest BCUT2D eigenvalue weighted by Crippen LogP contribution is -2.09. The molecule has 0 amide bonds. The van der Waals surface area contributed by atoms with Gasteiger partial charge in [0.05, 0.1) is 17.6 Å². The molecule has 118 valence electrons. The Labute approximate surface area is 141 Å². The molecule has 24 heavy (non-hydrogen) atoms. The predicted molar refractivity (Wildman–Crippen MR) is 99.0 cm³/mol. The van der Waals surface area contributed by atoms with Crippen LogP contribution < -0.4 is 5.32 Å². The Hall–Kier alpha value is -3.07. The molecule has 0 atom stereocenters. The fraction of sp³-hybridized carbons (Fsp3) is 0.0952. The zero-order chi connectivity index (χ0) is 16.2. The Balaban J connectivity index is 1.67. The van der Waals surface area contributed by atoms with Gasteiger partial charge in [0.25, 0.3) is 0 Å². The van der Waals surface area contributed by atoms with Gasteiger partial charge in [0.2, 0.25) is 0 Å². The van der Waals surface area contributed by atoms with E-state index in [1.54, 1.807) is 0 Å². The van der Waals surface area contributed by atoms with Gasteiger partial charge in [-0.05, 0) is 29.8 Å². The largest absolute Gasteiger partial charge is 0.378 e. The first-order valence-electron chi connectivity index (χ1n) is 8.17. The molecule has 4 rings (SSSR count). The van der Waals surface area contributed by atoms with E-state index in [4.69, 9.17) is 4.98 Å². The normalized spacial score (nSPS) is 10.8. The van der Waals surface area contributed by atoms with E-state index in [1.807, 2.05) is 30.3 Å². The van der Waals surface area contributed by atoms with Gasteiger partial charge < -0.3 is 9.88 Å². The molecule has 0 aliphatic rings. The standard InChI is InChI=1S/C21H19N3/c1-3-9-17(10-4-1)16-24-20-14-8-7-13-19(20)23-21(24)15-22-18-11-5-2-6-12-18/h1-14,22H,15-16H2. The number of nitrogens with zero attached hydrogens (tertiary/aromatic N) is 2. The van der Waals surface area contributed by atoms with Crippen molar-refractivity contribution in [3.05, 3.63) is 96.3 Å². The van der Waals surface area contributed by atoms with E-state index in [9.17, 15) is 0 Å². The van der Waals surface area contributed by atoms with E-state index >= 15 is 0 Å². The minimum atomic E-state index is 0.700. The van der Waals surface area contributed by atoms with Crippen LogP contribution in [0.3, 0.4) is 0 Å². The summed E-state index contributed by atoms with van der Waals surface area (Å²) >= 11 is 0. The van der Waals surface area contributed by atoms with Crippen LogP contribution in [0, 0.1) is 0 Å². The second-order valence-electron chi connectivity index (χ2n) is 5.81. The molecule has 1 aromatic heterocycles. The molecule has 0 unspecified atom stereocenters. The summed E-state index contributed by atoms with van der Waals surface area (Å²) in [6.45, 7) is 1.53. The van der Waals surface area contributed by atoms with E-state index in [1.165, 1.54) is 11.1 Å². The first kappa shape index (κ1) is 14.5. The van der Waals surface area contributed by atoms with Crippen LogP contribution in [0.1, 0.15) is 11.4 Å². The van der Waals surface area contributed by atoms with Gasteiger partial charge in [0.1, 0.15) is 5.82 Å². The second-order valence-corrected chi connectivity index (χ2v) is 5.81. The van der Waals surface area contributed by atoms with Crippen LogP contribution in [0.25, 0.3) is 11.0 Å². The Kier molecular flexibility index (Phi) is 3.98. The van der Waals surface area contributed by atoms with Crippen molar-refractivity contribution in [3.63, 3.8) is 0 Å². The quantitative estimate of drug-likeness (QED) is 0.579. The minimum absolute atomic E-state index is 0.700. The molecule has 0 aliphatic carbocycles. The van der Waals surface area contributed by atoms with E-state index in [0.717, 1.165) is 23.6 Å². The maximum atomic E-state index is 4.82. The molecule has 1 heterocycles. The number of anilines is 1. The number of hydrogen-bond acceptors (Lipinski definition) is 2. The molecule has 0 saturated carbocycles. The summed E-state index contributed by atoms with van der Waals surface area (Å²) in [6, 6.07) is 29.1. The van der Waals surface area contributed by atoms with Crippen molar-refractivity contribution in [1.82, 2.24) is 9.55 Å². The lowest BCUT2D eigenvalue weighted by molar-refractivity contribution is 0.756. The Morgan fingerprint density at radius 3 is 2.21 bits per heavy atom. The summed E-state index contributed by atoms with van der Waals surface area (Å²) in [6.07, 6.45) is 0. The molecule has 0 radical (unpaired) electrons. The summed E-state index contributed by atoms with van der Waals surface area (Å²) in [5.74, 6) is 1.05. The lowest BCUT2D eigenvalue weighted by Gasteiger charge is -2.11. The highest BCUT2D eigenvalue weighted by atomic mass is 15.1. The average Bonchev–Trinajstić information content (AvgIpc) is 2.99. The minimum Gasteiger partial charge on any atom is -0.378 e. The van der Waals surface area contributed by atoms with Gasteiger partial charge in [-0.3, -0.25) is 0 Å². The van der Waals surface area contributed by atoms with E-state index in [2.05, 4.69) is 64.5 Å². The molecule has 0 aliphatic heterocycles. The van der Waals surface area contributed by atoms with Crippen LogP contribution in [-0.4, -0.2) is 9.55 Å². The first-order chi connectivity index (χ1) is 11.9. The number of aromatic nitrogens is 2. The molecule has 0 spiro atoms. The third kappa shape index (κ3) is 3.01. The number of benzene rings is 3. The lowest BCUT2D eigenvalue weighted by atomic mass is 10.2. The van der Waals surface area contributed by atoms with E-state index < -0.39 is 0 Å². The van der Waals surface area contributed by atoms with Crippen molar-refractivity contribution in [1.29, 1.82) is 0 Å². The predicted octanol–water partition coefficient (Wildman–Crippen LogP) is 4.70. The van der Waals surface area contributed by atoms with Crippen molar-refractivity contribution in [2.75, 3.05) is 5.32 Å². The topological polar surface area (TPSA) is 29.9 Å². The van der Waals surface area contributed by atoms with Crippen LogP contribution in [0.4, 0.5) is 5.69 Å². The van der Waals surface area contributed by atoms with Crippen molar-refractivity contribution in [2.24, 2.45) is 0 Å². The zero-order valence-electron chi connectivity index (χ0n) is 13.4. The van der Waals surface area contributed by atoms with Gasteiger partial charge in [0, 0.05) is 12.2 Å². The van der Waals surface area contributed by atoms with Gasteiger partial charge in [-0.2, -0.15) is 0 Å². The summed E-state index contributed by atoms with van der Waals surface area (Å²) in [7, 11) is 0. The molecule has 0 fully saturated rings. The summed E-state index contributed by atoms with van der Waals surface area (Å²) < 4.78 is 2.29. The highest BCUT2D eigenvalue weighted by molar-refractivity contribution is 5.76. The Morgan fingerprint density at radius 2 is 1.42 bits per heavy atom. The Bertz CT molecular complexity index is 927. The summed E-state index contributed by atoms with van der Waals surface area (Å²) in [5, 5.41) is 3.46. The average molecular weight is 313 g/mol. The SMILES string of the molecule is c1ccc(Cn2c(CNc3ccccc3)nc3ccccc32)cc1. The molecule has 3 heteroatoms. The maximum absolute atomic E-state index is 4.82. The third-order valence-corrected chi connectivity index (χ3v) is 4.14. The summed E-state index contributed by atoms with van der Waals surface area (Å²) in [5.41, 5.74) is 4.60. The molecule has 4 aromatic rings. The van der Waals surface area contributed by atoms with Gasteiger partial charge in [-0.25, -0.2) is 4.98 Å². The number of nitrogens with one attached hydrogen (secondary N) is 1. The number of rotatable bonds is 5. The maximum Gasteiger partial charge on any atom is 0.129 e. The van der Waals surface area contributed by atoms with Crippen molar-refractivity contribution in [2.45, 2.75) is 13.1 Å². The fourth-order valence-corrected chi connectivity index (χ4v) is 2.94. The van der Waals surface area contributed by atoms with Gasteiger partial charge in [0.15, 0.2) is 0 Å². The molecular weight excluding hydrogens is 294 g/mol. The van der Waals surface area contributed by atoms with Crippen LogP contribution in [0.2, 0.25) is 0 Å². The fourth-order valence-electron chi connectivity index (χ4n) is 2.94. The van der Waals surface area contributed by atoms with E-state index in [0.29, 0.717) is 6.54 Å². The van der Waals surface area contributed by atoms with Crippen molar-refractivity contribution in [3.8, 4) is 0 Å². The highest BCUT2D eigenvalue weighted by Gasteiger charge is 2.10. The van der Waals surface area contributed by atoms with Crippen LogP contribution in [0.15, 0.2) is 84.9 Å². The van der Waals surface area contributed by atoms with Crippen LogP contribution >= 0.6 is 0 Å². The second kappa shape index (κ2) is 6.59. The first-order valence-corrected chi connectivity index (χ1v) is 8.17. The van der Waals surface area contributed by atoms with Crippen LogP contribution in [-0.2, 0) is 13.1 Å². The van der Waals surface area contributed by atoms with E-state index in [-0.39, 0.29) is 0 Å². The summed E-state index contributed by atoms with van der Waals surface area (Å²) in [4.78, 5) is 4.82. The van der Waals surface area contributed by atoms with Crippen molar-refractivity contribution < 1.29 is 0 Å². The number of hydrogen-bond donors (Lipinski definition) is 1. The number of fused-ring (bicyclic) bond motifs is 1. The van der Waals surface area contributed by atoms with Crippen molar-refractivity contribution >= 4 is 16.7 Å². The van der Waals surface area contributed by atoms with Crippen LogP contribution in [0.5, 0.6) is 0 Å². The molecule has 1 N–H and O–H groups in total. The third-order valence-electron chi connectivity index (χ3n) is 4.14. The van der Waals surface area contributed by atoms with Gasteiger partial charge in [-0.1, -0.05) is 60.7 Å². The molecule has 0 saturated heterocycles. The molecule has 3 aromatic carbocycles. The number of imidazole rings is 1. The number of para-hydroxylation sites is 3. The van der Waals surface area contributed by atoms with Gasteiger partial charge >= 0.3 is 0 Å². The monoisotopic (exact) mass is 313 g/mol. The zero-order valence-corrected chi connectivity index (χ0v) is 13.4.